The van der Waals surface area contributed by atoms with E-state index in [1.54, 1.807) is 14.2 Å². The summed E-state index contributed by atoms with van der Waals surface area (Å²) in [5.41, 5.74) is 3.40. The van der Waals surface area contributed by atoms with Gasteiger partial charge < -0.3 is 19.5 Å². The SMILES string of the molecule is COc1ccc(CCNCc2ccc(OCc3ccccc3Cl)cc2)cc1OC.Cl. The van der Waals surface area contributed by atoms with Gasteiger partial charge in [-0.1, -0.05) is 48.0 Å². The number of rotatable bonds is 10. The minimum absolute atomic E-state index is 0. The molecule has 0 aliphatic rings. The monoisotopic (exact) mass is 447 g/mol. The molecule has 3 aromatic carbocycles. The maximum absolute atomic E-state index is 6.16. The Kier molecular flexibility index (Phi) is 9.81. The highest BCUT2D eigenvalue weighted by atomic mass is 35.5. The lowest BCUT2D eigenvalue weighted by Crippen LogP contribution is -2.16. The molecule has 6 heteroatoms. The minimum atomic E-state index is 0. The van der Waals surface area contributed by atoms with E-state index in [1.807, 2.05) is 48.5 Å². The maximum Gasteiger partial charge on any atom is 0.160 e. The van der Waals surface area contributed by atoms with Crippen LogP contribution in [0.4, 0.5) is 0 Å². The molecule has 0 amide bonds. The van der Waals surface area contributed by atoms with Crippen LogP contribution >= 0.6 is 24.0 Å². The van der Waals surface area contributed by atoms with Crippen molar-refractivity contribution in [2.75, 3.05) is 20.8 Å². The first-order chi connectivity index (χ1) is 14.2. The van der Waals surface area contributed by atoms with Crippen LogP contribution in [-0.2, 0) is 19.6 Å². The first kappa shape index (κ1) is 23.9. The van der Waals surface area contributed by atoms with Crippen molar-refractivity contribution in [1.82, 2.24) is 5.32 Å². The Morgan fingerprint density at radius 3 is 2.23 bits per heavy atom. The Balaban J connectivity index is 0.00000320. The van der Waals surface area contributed by atoms with Gasteiger partial charge in [-0.25, -0.2) is 0 Å². The normalized spacial score (nSPS) is 10.2. The zero-order chi connectivity index (χ0) is 20.5. The second-order valence-electron chi connectivity index (χ2n) is 6.64. The Morgan fingerprint density at radius 1 is 0.833 bits per heavy atom. The fraction of sp³-hybridized carbons (Fsp3) is 0.250. The van der Waals surface area contributed by atoms with Crippen molar-refractivity contribution in [3.63, 3.8) is 0 Å². The van der Waals surface area contributed by atoms with Gasteiger partial charge in [0.25, 0.3) is 0 Å². The molecule has 160 valence electrons. The standard InChI is InChI=1S/C24H26ClNO3.ClH/c1-27-23-12-9-18(15-24(23)28-2)13-14-26-16-19-7-10-21(11-8-19)29-17-20-5-3-4-6-22(20)25;/h3-12,15,26H,13-14,16-17H2,1-2H3;1H. The van der Waals surface area contributed by atoms with Crippen molar-refractivity contribution in [1.29, 1.82) is 0 Å². The second-order valence-corrected chi connectivity index (χ2v) is 7.05. The maximum atomic E-state index is 6.16. The van der Waals surface area contributed by atoms with Crippen molar-refractivity contribution in [3.05, 3.63) is 88.4 Å². The average Bonchev–Trinajstić information content (AvgIpc) is 2.77. The van der Waals surface area contributed by atoms with Gasteiger partial charge in [-0.05, 0) is 54.4 Å². The first-order valence-corrected chi connectivity index (χ1v) is 9.94. The first-order valence-electron chi connectivity index (χ1n) is 9.56. The quantitative estimate of drug-likeness (QED) is 0.405. The van der Waals surface area contributed by atoms with Crippen LogP contribution in [0, 0.1) is 0 Å². The summed E-state index contributed by atoms with van der Waals surface area (Å²) in [6.07, 6.45) is 0.916. The Bertz CT molecular complexity index is 917. The summed E-state index contributed by atoms with van der Waals surface area (Å²) in [7, 11) is 3.30. The Hall–Kier alpha value is -2.40. The van der Waals surface area contributed by atoms with Gasteiger partial charge in [0, 0.05) is 17.1 Å². The Morgan fingerprint density at radius 2 is 1.53 bits per heavy atom. The van der Waals surface area contributed by atoms with Crippen LogP contribution < -0.4 is 19.5 Å². The molecular formula is C24H27Cl2NO3. The number of nitrogens with one attached hydrogen (secondary N) is 1. The largest absolute Gasteiger partial charge is 0.493 e. The third-order valence-corrected chi connectivity index (χ3v) is 5.01. The average molecular weight is 448 g/mol. The van der Waals surface area contributed by atoms with Crippen LogP contribution in [0.15, 0.2) is 66.7 Å². The van der Waals surface area contributed by atoms with Gasteiger partial charge in [-0.15, -0.1) is 12.4 Å². The van der Waals surface area contributed by atoms with Crippen LogP contribution in [-0.4, -0.2) is 20.8 Å². The van der Waals surface area contributed by atoms with Crippen LogP contribution in [0.25, 0.3) is 0 Å². The van der Waals surface area contributed by atoms with E-state index in [0.717, 1.165) is 47.3 Å². The number of hydrogen-bond acceptors (Lipinski definition) is 4. The van der Waals surface area contributed by atoms with Crippen molar-refractivity contribution in [3.8, 4) is 17.2 Å². The molecule has 0 bridgehead atoms. The molecule has 0 atom stereocenters. The van der Waals surface area contributed by atoms with Gasteiger partial charge in [0.2, 0.25) is 0 Å². The molecule has 0 aromatic heterocycles. The molecule has 0 radical (unpaired) electrons. The third kappa shape index (κ3) is 6.84. The lowest BCUT2D eigenvalue weighted by atomic mass is 10.1. The highest BCUT2D eigenvalue weighted by Gasteiger charge is 2.05. The summed E-state index contributed by atoms with van der Waals surface area (Å²) in [5.74, 6) is 2.34. The van der Waals surface area contributed by atoms with Gasteiger partial charge >= 0.3 is 0 Å². The summed E-state index contributed by atoms with van der Waals surface area (Å²) < 4.78 is 16.5. The molecule has 3 aromatic rings. The van der Waals surface area contributed by atoms with E-state index in [0.29, 0.717) is 6.61 Å². The second kappa shape index (κ2) is 12.3. The molecule has 1 N–H and O–H groups in total. The predicted molar refractivity (Wildman–Crippen MR) is 124 cm³/mol. The summed E-state index contributed by atoms with van der Waals surface area (Å²) in [5, 5.41) is 4.20. The third-order valence-electron chi connectivity index (χ3n) is 4.64. The van der Waals surface area contributed by atoms with Crippen molar-refractivity contribution < 1.29 is 14.2 Å². The van der Waals surface area contributed by atoms with Gasteiger partial charge in [0.05, 0.1) is 14.2 Å². The molecular weight excluding hydrogens is 421 g/mol. The summed E-state index contributed by atoms with van der Waals surface area (Å²) in [4.78, 5) is 0. The molecule has 30 heavy (non-hydrogen) atoms. The summed E-state index contributed by atoms with van der Waals surface area (Å²) in [6.45, 7) is 2.14. The topological polar surface area (TPSA) is 39.7 Å². The summed E-state index contributed by atoms with van der Waals surface area (Å²) >= 11 is 6.16. The van der Waals surface area contributed by atoms with E-state index in [9.17, 15) is 0 Å². The molecule has 0 unspecified atom stereocenters. The minimum Gasteiger partial charge on any atom is -0.493 e. The highest BCUT2D eigenvalue weighted by Crippen LogP contribution is 2.27. The fourth-order valence-corrected chi connectivity index (χ4v) is 3.17. The van der Waals surface area contributed by atoms with Crippen molar-refractivity contribution in [2.24, 2.45) is 0 Å². The Labute approximate surface area is 189 Å². The zero-order valence-corrected chi connectivity index (χ0v) is 18.8. The van der Waals surface area contributed by atoms with Gasteiger partial charge in [-0.3, -0.25) is 0 Å². The molecule has 0 fully saturated rings. The number of ether oxygens (including phenoxy) is 3. The van der Waals surface area contributed by atoms with E-state index < -0.39 is 0 Å². The molecule has 0 saturated heterocycles. The molecule has 3 rings (SSSR count). The highest BCUT2D eigenvalue weighted by molar-refractivity contribution is 6.31. The number of methoxy groups -OCH3 is 2. The van der Waals surface area contributed by atoms with E-state index in [-0.39, 0.29) is 12.4 Å². The number of hydrogen-bond donors (Lipinski definition) is 1. The van der Waals surface area contributed by atoms with E-state index in [2.05, 4.69) is 23.5 Å². The lowest BCUT2D eigenvalue weighted by molar-refractivity contribution is 0.306. The van der Waals surface area contributed by atoms with Gasteiger partial charge in [0.15, 0.2) is 11.5 Å². The molecule has 0 heterocycles. The van der Waals surface area contributed by atoms with Gasteiger partial charge in [0.1, 0.15) is 12.4 Å². The summed E-state index contributed by atoms with van der Waals surface area (Å²) in [6, 6.07) is 21.9. The lowest BCUT2D eigenvalue weighted by Gasteiger charge is -2.11. The predicted octanol–water partition coefficient (Wildman–Crippen LogP) is 5.69. The number of benzene rings is 3. The van der Waals surface area contributed by atoms with Crippen LogP contribution in [0.5, 0.6) is 17.2 Å². The van der Waals surface area contributed by atoms with E-state index >= 15 is 0 Å². The molecule has 0 saturated carbocycles. The fourth-order valence-electron chi connectivity index (χ4n) is 2.98. The number of halogens is 2. The molecule has 0 aliphatic heterocycles. The molecule has 0 spiro atoms. The van der Waals surface area contributed by atoms with Gasteiger partial charge in [-0.2, -0.15) is 0 Å². The zero-order valence-electron chi connectivity index (χ0n) is 17.2. The van der Waals surface area contributed by atoms with Crippen LogP contribution in [0.1, 0.15) is 16.7 Å². The smallest absolute Gasteiger partial charge is 0.160 e. The van der Waals surface area contributed by atoms with E-state index in [4.69, 9.17) is 25.8 Å². The van der Waals surface area contributed by atoms with Crippen LogP contribution in [0.2, 0.25) is 5.02 Å². The van der Waals surface area contributed by atoms with Crippen LogP contribution in [0.3, 0.4) is 0 Å². The molecule has 4 nitrogen and oxygen atoms in total. The van der Waals surface area contributed by atoms with E-state index in [1.165, 1.54) is 11.1 Å². The van der Waals surface area contributed by atoms with Crippen molar-refractivity contribution >= 4 is 24.0 Å². The molecule has 0 aliphatic carbocycles. The van der Waals surface area contributed by atoms with Crippen molar-refractivity contribution in [2.45, 2.75) is 19.6 Å².